The third-order valence-electron chi connectivity index (χ3n) is 5.37. The fourth-order valence-electron chi connectivity index (χ4n) is 3.52. The maximum Gasteiger partial charge on any atom is 0.344 e. The number of aromatic nitrogens is 1. The van der Waals surface area contributed by atoms with Crippen molar-refractivity contribution in [3.05, 3.63) is 11.7 Å². The first-order chi connectivity index (χ1) is 14.6. The van der Waals surface area contributed by atoms with Crippen LogP contribution in [0.25, 0.3) is 0 Å². The van der Waals surface area contributed by atoms with E-state index in [0.717, 1.165) is 43.4 Å². The Hall–Kier alpha value is -1.72. The Morgan fingerprint density at radius 2 is 1.97 bits per heavy atom. The zero-order chi connectivity index (χ0) is 23.0. The van der Waals surface area contributed by atoms with Gasteiger partial charge in [0.25, 0.3) is 10.0 Å². The molecule has 1 aromatic rings. The van der Waals surface area contributed by atoms with Crippen molar-refractivity contribution in [3.8, 4) is 0 Å². The number of nitrogens with zero attached hydrogens (tertiary/aromatic N) is 2. The van der Waals surface area contributed by atoms with E-state index >= 15 is 0 Å². The number of amides is 2. The first-order valence-corrected chi connectivity index (χ1v) is 13.1. The van der Waals surface area contributed by atoms with Crippen LogP contribution in [0, 0.1) is 11.8 Å². The van der Waals surface area contributed by atoms with Gasteiger partial charge >= 0.3 is 12.0 Å². The zero-order valence-corrected chi connectivity index (χ0v) is 20.3. The van der Waals surface area contributed by atoms with Crippen LogP contribution in [0.1, 0.15) is 59.8 Å². The quantitative estimate of drug-likeness (QED) is 0.398. The minimum atomic E-state index is -4.04. The Bertz CT molecular complexity index is 806. The Morgan fingerprint density at radius 3 is 2.52 bits per heavy atom. The summed E-state index contributed by atoms with van der Waals surface area (Å²) in [5.74, 6) is 0.179. The van der Waals surface area contributed by atoms with Crippen LogP contribution in [-0.4, -0.2) is 55.7 Å². The predicted octanol–water partition coefficient (Wildman–Crippen LogP) is 2.95. The normalized spacial score (nSPS) is 20.3. The van der Waals surface area contributed by atoms with Gasteiger partial charge in [0.1, 0.15) is 0 Å². The molecule has 0 aromatic carbocycles. The number of carbonyl (C=O) groups is 2. The van der Waals surface area contributed by atoms with Crippen molar-refractivity contribution in [1.82, 2.24) is 19.9 Å². The second kappa shape index (κ2) is 11.8. The summed E-state index contributed by atoms with van der Waals surface area (Å²) < 4.78 is 32.4. The topological polar surface area (TPSA) is 118 Å². The lowest BCUT2D eigenvalue weighted by molar-refractivity contribution is -0.145. The number of carbonyl (C=O) groups excluding carboxylic acids is 2. The standard InChI is InChI=1S/C20H34N4O5S2/c1-5-29-19(25)18(23-31(27,28)17-12-21-13-30-17)22-20(26)24(11-10-14(2)3)16-8-6-15(4)7-9-16/h12-16,18,23H,5-11H2,1-4H3,(H,22,26)/t15-,16-,18?. The van der Waals surface area contributed by atoms with E-state index < -0.39 is 28.2 Å². The smallest absolute Gasteiger partial charge is 0.344 e. The minimum Gasteiger partial charge on any atom is -0.463 e. The number of sulfonamides is 1. The van der Waals surface area contributed by atoms with Crippen LogP contribution in [0.4, 0.5) is 4.79 Å². The van der Waals surface area contributed by atoms with Gasteiger partial charge in [-0.15, -0.1) is 11.3 Å². The highest BCUT2D eigenvalue weighted by molar-refractivity contribution is 7.91. The number of thiazole rings is 1. The molecule has 1 saturated carbocycles. The van der Waals surface area contributed by atoms with Crippen LogP contribution in [0.15, 0.2) is 15.9 Å². The molecule has 31 heavy (non-hydrogen) atoms. The van der Waals surface area contributed by atoms with Crippen molar-refractivity contribution < 1.29 is 22.7 Å². The lowest BCUT2D eigenvalue weighted by atomic mass is 9.86. The van der Waals surface area contributed by atoms with Crippen LogP contribution < -0.4 is 10.0 Å². The van der Waals surface area contributed by atoms with E-state index in [0.29, 0.717) is 18.4 Å². The first-order valence-electron chi connectivity index (χ1n) is 10.8. The van der Waals surface area contributed by atoms with Crippen LogP contribution in [0.2, 0.25) is 0 Å². The summed E-state index contributed by atoms with van der Waals surface area (Å²) in [4.78, 5) is 31.1. The van der Waals surface area contributed by atoms with E-state index in [4.69, 9.17) is 4.74 Å². The molecule has 1 atom stereocenters. The zero-order valence-electron chi connectivity index (χ0n) is 18.7. The Morgan fingerprint density at radius 1 is 1.29 bits per heavy atom. The van der Waals surface area contributed by atoms with Gasteiger partial charge in [-0.3, -0.25) is 4.98 Å². The molecule has 1 aliphatic rings. The van der Waals surface area contributed by atoms with Gasteiger partial charge < -0.3 is 15.0 Å². The largest absolute Gasteiger partial charge is 0.463 e. The molecule has 2 amide bonds. The van der Waals surface area contributed by atoms with Gasteiger partial charge in [0.05, 0.1) is 18.3 Å². The number of hydrogen-bond acceptors (Lipinski definition) is 7. The van der Waals surface area contributed by atoms with Crippen molar-refractivity contribution in [3.63, 3.8) is 0 Å². The average Bonchev–Trinajstić information content (AvgIpc) is 3.24. The number of esters is 1. The molecule has 0 bridgehead atoms. The number of rotatable bonds is 10. The molecule has 1 heterocycles. The molecule has 1 unspecified atom stereocenters. The van der Waals surface area contributed by atoms with Gasteiger partial charge in [0.15, 0.2) is 10.4 Å². The Balaban J connectivity index is 2.18. The Kier molecular flexibility index (Phi) is 9.70. The molecular weight excluding hydrogens is 440 g/mol. The highest BCUT2D eigenvalue weighted by Gasteiger charge is 2.33. The lowest BCUT2D eigenvalue weighted by Crippen LogP contribution is -2.58. The SMILES string of the molecule is CCOC(=O)C(NC(=O)N(CCC(C)C)[C@H]1CC[C@H](C)CC1)NS(=O)(=O)c1cncs1. The molecule has 2 rings (SSSR count). The number of urea groups is 1. The molecule has 11 heteroatoms. The average molecular weight is 475 g/mol. The van der Waals surface area contributed by atoms with Crippen molar-refractivity contribution in [1.29, 1.82) is 0 Å². The number of hydrogen-bond donors (Lipinski definition) is 2. The summed E-state index contributed by atoms with van der Waals surface area (Å²) in [6, 6.07) is -0.402. The van der Waals surface area contributed by atoms with Gasteiger partial charge in [-0.2, -0.15) is 4.72 Å². The van der Waals surface area contributed by atoms with Crippen molar-refractivity contribution in [2.75, 3.05) is 13.2 Å². The van der Waals surface area contributed by atoms with E-state index in [-0.39, 0.29) is 16.9 Å². The first kappa shape index (κ1) is 25.5. The van der Waals surface area contributed by atoms with E-state index in [1.165, 1.54) is 11.7 Å². The molecule has 1 aromatic heterocycles. The van der Waals surface area contributed by atoms with Crippen LogP contribution in [0.3, 0.4) is 0 Å². The second-order valence-electron chi connectivity index (χ2n) is 8.37. The molecule has 1 fully saturated rings. The van der Waals surface area contributed by atoms with Crippen LogP contribution in [0.5, 0.6) is 0 Å². The Labute approximate surface area is 189 Å². The maximum atomic E-state index is 13.2. The number of ether oxygens (including phenoxy) is 1. The minimum absolute atomic E-state index is 0.0472. The summed E-state index contributed by atoms with van der Waals surface area (Å²) in [6.07, 6.45) is 4.34. The van der Waals surface area contributed by atoms with Crippen molar-refractivity contribution in [2.45, 2.75) is 76.2 Å². The molecule has 2 N–H and O–H groups in total. The molecule has 176 valence electrons. The van der Waals surface area contributed by atoms with Crippen LogP contribution in [-0.2, 0) is 19.6 Å². The number of nitrogens with one attached hydrogen (secondary N) is 2. The predicted molar refractivity (Wildman–Crippen MR) is 119 cm³/mol. The molecule has 0 aliphatic heterocycles. The molecule has 0 spiro atoms. The van der Waals surface area contributed by atoms with Gasteiger partial charge in [0.2, 0.25) is 0 Å². The molecule has 9 nitrogen and oxygen atoms in total. The van der Waals surface area contributed by atoms with E-state index in [2.05, 4.69) is 35.8 Å². The highest BCUT2D eigenvalue weighted by atomic mass is 32.2. The van der Waals surface area contributed by atoms with Crippen molar-refractivity contribution >= 4 is 33.4 Å². The van der Waals surface area contributed by atoms with Gasteiger partial charge in [-0.1, -0.05) is 20.8 Å². The van der Waals surface area contributed by atoms with Crippen molar-refractivity contribution in [2.24, 2.45) is 11.8 Å². The van der Waals surface area contributed by atoms with E-state index in [1.54, 1.807) is 11.8 Å². The molecular formula is C20H34N4O5S2. The summed E-state index contributed by atoms with van der Waals surface area (Å²) in [5, 5.41) is 2.56. The maximum absolute atomic E-state index is 13.2. The highest BCUT2D eigenvalue weighted by Crippen LogP contribution is 2.27. The van der Waals surface area contributed by atoms with Gasteiger partial charge in [-0.25, -0.2) is 18.0 Å². The summed E-state index contributed by atoms with van der Waals surface area (Å²) in [6.45, 7) is 8.60. The van der Waals surface area contributed by atoms with E-state index in [1.807, 2.05) is 0 Å². The molecule has 1 aliphatic carbocycles. The summed E-state index contributed by atoms with van der Waals surface area (Å²) >= 11 is 0.920. The van der Waals surface area contributed by atoms with Gasteiger partial charge in [-0.05, 0) is 50.9 Å². The second-order valence-corrected chi connectivity index (χ2v) is 11.2. The monoisotopic (exact) mass is 474 g/mol. The fourth-order valence-corrected chi connectivity index (χ4v) is 5.43. The summed E-state index contributed by atoms with van der Waals surface area (Å²) in [5.41, 5.74) is 1.38. The third-order valence-corrected chi connectivity index (χ3v) is 8.06. The third kappa shape index (κ3) is 7.73. The molecule has 0 saturated heterocycles. The van der Waals surface area contributed by atoms with Crippen LogP contribution >= 0.6 is 11.3 Å². The van der Waals surface area contributed by atoms with Gasteiger partial charge in [0, 0.05) is 12.6 Å². The molecule has 0 radical (unpaired) electrons. The lowest BCUT2D eigenvalue weighted by Gasteiger charge is -2.37. The van der Waals surface area contributed by atoms with E-state index in [9.17, 15) is 18.0 Å². The fraction of sp³-hybridized carbons (Fsp3) is 0.750. The summed E-state index contributed by atoms with van der Waals surface area (Å²) in [7, 11) is -4.04.